The van der Waals surface area contributed by atoms with Crippen molar-refractivity contribution in [3.63, 3.8) is 0 Å². The fourth-order valence-corrected chi connectivity index (χ4v) is 3.70. The number of carbonyl (C=O) groups is 2. The molecule has 0 aliphatic rings. The highest BCUT2D eigenvalue weighted by molar-refractivity contribution is 7.48. The number of ether oxygens (including phenoxy) is 2. The largest absolute Gasteiger partial charge is 0.478 e. The summed E-state index contributed by atoms with van der Waals surface area (Å²) in [5, 5.41) is 0. The molecule has 1 amide bonds. The van der Waals surface area contributed by atoms with E-state index in [1.807, 2.05) is 30.3 Å². The molecule has 0 aromatic heterocycles. The maximum absolute atomic E-state index is 12.8. The summed E-state index contributed by atoms with van der Waals surface area (Å²) in [6.07, 6.45) is -0.857. The average Bonchev–Trinajstić information content (AvgIpc) is 2.57. The first-order valence-electron chi connectivity index (χ1n) is 9.43. The molecule has 1 aromatic rings. The van der Waals surface area contributed by atoms with Gasteiger partial charge in [0.15, 0.2) is 0 Å². The molecule has 0 N–H and O–H groups in total. The number of esters is 1. The summed E-state index contributed by atoms with van der Waals surface area (Å²) < 4.78 is 38.8. The van der Waals surface area contributed by atoms with Gasteiger partial charge >= 0.3 is 19.9 Å². The second kappa shape index (κ2) is 10.9. The van der Waals surface area contributed by atoms with Gasteiger partial charge < -0.3 is 14.4 Å². The molecule has 1 rings (SSSR count). The molecule has 10 heteroatoms. The number of carbonyl (C=O) groups excluding carboxylic acids is 2. The number of phosphoric ester groups is 1. The third kappa shape index (κ3) is 11.3. The van der Waals surface area contributed by atoms with Crippen molar-refractivity contribution in [1.29, 1.82) is 0 Å². The van der Waals surface area contributed by atoms with Gasteiger partial charge in [0, 0.05) is 7.05 Å². The molecule has 0 saturated carbocycles. The van der Waals surface area contributed by atoms with Crippen molar-refractivity contribution in [3.8, 4) is 0 Å². The van der Waals surface area contributed by atoms with E-state index in [0.29, 0.717) is 0 Å². The Morgan fingerprint density at radius 1 is 0.933 bits per heavy atom. The van der Waals surface area contributed by atoms with Crippen LogP contribution in [0.4, 0.5) is 4.79 Å². The zero-order valence-electron chi connectivity index (χ0n) is 18.7. The van der Waals surface area contributed by atoms with Crippen LogP contribution in [0, 0.1) is 0 Å². The van der Waals surface area contributed by atoms with Gasteiger partial charge in [-0.3, -0.25) is 13.8 Å². The van der Waals surface area contributed by atoms with Crippen LogP contribution in [-0.4, -0.2) is 48.5 Å². The van der Waals surface area contributed by atoms with Crippen molar-refractivity contribution in [2.24, 2.45) is 0 Å². The van der Waals surface area contributed by atoms with Crippen LogP contribution in [0.3, 0.4) is 0 Å². The predicted octanol–water partition coefficient (Wildman–Crippen LogP) is 4.51. The average molecular weight is 445 g/mol. The molecule has 0 bridgehead atoms. The molecule has 0 heterocycles. The Hall–Kier alpha value is -1.93. The second-order valence-electron chi connectivity index (χ2n) is 8.51. The molecule has 0 spiro atoms. The van der Waals surface area contributed by atoms with Crippen LogP contribution in [0.2, 0.25) is 0 Å². The standard InChI is InChI=1S/C20H32NO8P/c1-19(2,3)28-30(24,29-20(4,5)6)27-15-26-18(23)21(7)13-17(22)25-14-16-11-9-8-10-12-16/h8-12H,13-15H2,1-7H3. The zero-order valence-corrected chi connectivity index (χ0v) is 19.6. The van der Waals surface area contributed by atoms with Crippen molar-refractivity contribution in [3.05, 3.63) is 35.9 Å². The highest BCUT2D eigenvalue weighted by Crippen LogP contribution is 2.55. The normalized spacial score (nSPS) is 12.4. The van der Waals surface area contributed by atoms with E-state index in [0.717, 1.165) is 10.5 Å². The quantitative estimate of drug-likeness (QED) is 0.311. The monoisotopic (exact) mass is 445 g/mol. The zero-order chi connectivity index (χ0) is 23.0. The van der Waals surface area contributed by atoms with Crippen LogP contribution in [0.5, 0.6) is 0 Å². The minimum atomic E-state index is -4.01. The van der Waals surface area contributed by atoms with Gasteiger partial charge in [-0.25, -0.2) is 13.9 Å². The Morgan fingerprint density at radius 2 is 1.47 bits per heavy atom. The fraction of sp³-hybridized carbons (Fsp3) is 0.600. The SMILES string of the molecule is CN(CC(=O)OCc1ccccc1)C(=O)OCOP(=O)(OC(C)(C)C)OC(C)(C)C. The lowest BCUT2D eigenvalue weighted by atomic mass is 10.2. The van der Waals surface area contributed by atoms with E-state index in [1.54, 1.807) is 41.5 Å². The van der Waals surface area contributed by atoms with Crippen molar-refractivity contribution >= 4 is 19.9 Å². The van der Waals surface area contributed by atoms with Gasteiger partial charge in [-0.1, -0.05) is 30.3 Å². The number of likely N-dealkylation sites (N-methyl/N-ethyl adjacent to an activating group) is 1. The summed E-state index contributed by atoms with van der Waals surface area (Å²) in [6.45, 7) is 9.25. The van der Waals surface area contributed by atoms with E-state index in [2.05, 4.69) is 0 Å². The highest BCUT2D eigenvalue weighted by atomic mass is 31.2. The first-order chi connectivity index (χ1) is 13.7. The summed E-state index contributed by atoms with van der Waals surface area (Å²) in [7, 11) is -2.64. The highest BCUT2D eigenvalue weighted by Gasteiger charge is 2.37. The van der Waals surface area contributed by atoms with Gasteiger partial charge in [-0.2, -0.15) is 0 Å². The minimum Gasteiger partial charge on any atom is -0.459 e. The topological polar surface area (TPSA) is 101 Å². The molecule has 0 aliphatic heterocycles. The Balaban J connectivity index is 2.49. The summed E-state index contributed by atoms with van der Waals surface area (Å²) in [4.78, 5) is 25.0. The number of phosphoric acid groups is 1. The number of amides is 1. The molecule has 0 fully saturated rings. The van der Waals surface area contributed by atoms with Gasteiger partial charge in [0.2, 0.25) is 6.79 Å². The van der Waals surface area contributed by atoms with Crippen LogP contribution in [0.15, 0.2) is 30.3 Å². The van der Waals surface area contributed by atoms with E-state index in [1.165, 1.54) is 7.05 Å². The third-order valence-corrected chi connectivity index (χ3v) is 5.05. The lowest BCUT2D eigenvalue weighted by molar-refractivity contribution is -0.145. The van der Waals surface area contributed by atoms with Crippen molar-refractivity contribution in [2.45, 2.75) is 59.4 Å². The van der Waals surface area contributed by atoms with Gasteiger partial charge in [0.05, 0.1) is 11.2 Å². The van der Waals surface area contributed by atoms with Crippen LogP contribution >= 0.6 is 7.82 Å². The maximum atomic E-state index is 12.8. The summed E-state index contributed by atoms with van der Waals surface area (Å²) in [5.41, 5.74) is -0.799. The van der Waals surface area contributed by atoms with Crippen molar-refractivity contribution in [2.75, 3.05) is 20.4 Å². The first-order valence-corrected chi connectivity index (χ1v) is 10.9. The molecule has 170 valence electrons. The number of rotatable bonds is 9. The molecule has 0 unspecified atom stereocenters. The smallest absolute Gasteiger partial charge is 0.459 e. The molecular weight excluding hydrogens is 413 g/mol. The lowest BCUT2D eigenvalue weighted by Crippen LogP contribution is -2.34. The van der Waals surface area contributed by atoms with Crippen LogP contribution in [0.1, 0.15) is 47.1 Å². The molecule has 9 nitrogen and oxygen atoms in total. The fourth-order valence-electron chi connectivity index (χ4n) is 2.04. The molecule has 0 saturated heterocycles. The van der Waals surface area contributed by atoms with Crippen molar-refractivity contribution in [1.82, 2.24) is 4.90 Å². The maximum Gasteiger partial charge on any atom is 0.478 e. The molecule has 0 atom stereocenters. The van der Waals surface area contributed by atoms with E-state index in [4.69, 9.17) is 23.0 Å². The summed E-state index contributed by atoms with van der Waals surface area (Å²) >= 11 is 0. The Bertz CT molecular complexity index is 719. The van der Waals surface area contributed by atoms with Gasteiger partial charge in [0.25, 0.3) is 0 Å². The Morgan fingerprint density at radius 3 is 1.97 bits per heavy atom. The third-order valence-electron chi connectivity index (χ3n) is 3.09. The molecular formula is C20H32NO8P. The summed E-state index contributed by atoms with van der Waals surface area (Å²) in [6, 6.07) is 9.16. The number of hydrogen-bond donors (Lipinski definition) is 0. The number of hydrogen-bond acceptors (Lipinski definition) is 8. The van der Waals surface area contributed by atoms with Crippen LogP contribution in [-0.2, 0) is 39.0 Å². The van der Waals surface area contributed by atoms with Gasteiger partial charge in [-0.05, 0) is 47.1 Å². The lowest BCUT2D eigenvalue weighted by Gasteiger charge is -2.30. The van der Waals surface area contributed by atoms with Crippen LogP contribution < -0.4 is 0 Å². The van der Waals surface area contributed by atoms with Crippen LogP contribution in [0.25, 0.3) is 0 Å². The minimum absolute atomic E-state index is 0.100. The summed E-state index contributed by atoms with van der Waals surface area (Å²) in [5.74, 6) is -0.600. The molecule has 30 heavy (non-hydrogen) atoms. The Labute approximate surface area is 178 Å². The second-order valence-corrected chi connectivity index (χ2v) is 10.0. The van der Waals surface area contributed by atoms with Gasteiger partial charge in [-0.15, -0.1) is 0 Å². The van der Waals surface area contributed by atoms with E-state index < -0.39 is 37.9 Å². The van der Waals surface area contributed by atoms with E-state index in [9.17, 15) is 14.2 Å². The van der Waals surface area contributed by atoms with E-state index >= 15 is 0 Å². The molecule has 0 radical (unpaired) electrons. The predicted molar refractivity (Wildman–Crippen MR) is 111 cm³/mol. The van der Waals surface area contributed by atoms with Crippen molar-refractivity contribution < 1.29 is 37.2 Å². The number of benzene rings is 1. The molecule has 1 aromatic carbocycles. The number of nitrogens with zero attached hydrogens (tertiary/aromatic N) is 1. The Kier molecular flexibility index (Phi) is 9.49. The van der Waals surface area contributed by atoms with Gasteiger partial charge in [0.1, 0.15) is 13.2 Å². The molecule has 0 aliphatic carbocycles. The van der Waals surface area contributed by atoms with E-state index in [-0.39, 0.29) is 13.2 Å². The first kappa shape index (κ1) is 26.1.